The van der Waals surface area contributed by atoms with Gasteiger partial charge in [-0.1, -0.05) is 18.2 Å². The van der Waals surface area contributed by atoms with E-state index in [0.717, 1.165) is 6.07 Å². The van der Waals surface area contributed by atoms with Crippen LogP contribution in [0.2, 0.25) is 0 Å². The predicted molar refractivity (Wildman–Crippen MR) is 75.9 cm³/mol. The van der Waals surface area contributed by atoms with Crippen molar-refractivity contribution < 1.29 is 17.4 Å². The van der Waals surface area contributed by atoms with Crippen LogP contribution in [0.3, 0.4) is 0 Å². The van der Waals surface area contributed by atoms with Gasteiger partial charge in [-0.2, -0.15) is 13.2 Å². The van der Waals surface area contributed by atoms with Crippen LogP contribution in [0.5, 0.6) is 0 Å². The Labute approximate surface area is 120 Å². The van der Waals surface area contributed by atoms with Crippen molar-refractivity contribution in [2.75, 3.05) is 12.3 Å². The summed E-state index contributed by atoms with van der Waals surface area (Å²) >= 11 is 0. The third kappa shape index (κ3) is 5.25. The van der Waals surface area contributed by atoms with Gasteiger partial charge < -0.3 is 5.32 Å². The fraction of sp³-hybridized carbons (Fsp3) is 0.571. The van der Waals surface area contributed by atoms with E-state index in [1.165, 1.54) is 12.1 Å². The third-order valence-corrected chi connectivity index (χ3v) is 4.73. The van der Waals surface area contributed by atoms with E-state index in [1.807, 2.05) is 20.8 Å². The first-order valence-electron chi connectivity index (χ1n) is 6.36. The number of benzene rings is 1. The predicted octanol–water partition coefficient (Wildman–Crippen LogP) is 3.34. The van der Waals surface area contributed by atoms with Crippen LogP contribution < -0.4 is 5.32 Å². The van der Waals surface area contributed by atoms with Gasteiger partial charge in [0, 0.05) is 34.4 Å². The average molecular weight is 307 g/mol. The highest BCUT2D eigenvalue weighted by atomic mass is 32.2. The Kier molecular flexibility index (Phi) is 5.77. The van der Waals surface area contributed by atoms with Crippen molar-refractivity contribution in [3.8, 4) is 0 Å². The summed E-state index contributed by atoms with van der Waals surface area (Å²) in [7, 11) is -1.00. The van der Waals surface area contributed by atoms with Crippen LogP contribution in [0.15, 0.2) is 24.3 Å². The number of hydrogen-bond acceptors (Lipinski definition) is 2. The molecule has 0 aromatic heterocycles. The van der Waals surface area contributed by atoms with E-state index >= 15 is 0 Å². The maximum atomic E-state index is 12.8. The standard InChI is InChI=1S/C14H20F3NOS/c1-13(2,3)20(19)9-8-18-10-11-6-4-5-7-12(11)14(15,16)17/h4-7,18H,8-10H2,1-3H3/t20-/m1/s1. The first-order chi connectivity index (χ1) is 9.12. The minimum atomic E-state index is -4.34. The number of alkyl halides is 3. The Hall–Kier alpha value is -0.880. The van der Waals surface area contributed by atoms with E-state index in [9.17, 15) is 17.4 Å². The molecule has 6 heteroatoms. The van der Waals surface area contributed by atoms with E-state index < -0.39 is 22.5 Å². The van der Waals surface area contributed by atoms with Gasteiger partial charge in [-0.25, -0.2) is 0 Å². The highest BCUT2D eigenvalue weighted by Crippen LogP contribution is 2.31. The Balaban J connectivity index is 2.54. The van der Waals surface area contributed by atoms with Crippen LogP contribution in [-0.4, -0.2) is 21.3 Å². The molecule has 0 aliphatic rings. The second-order valence-electron chi connectivity index (χ2n) is 5.49. The highest BCUT2D eigenvalue weighted by molar-refractivity contribution is 7.86. The lowest BCUT2D eigenvalue weighted by Gasteiger charge is -2.18. The largest absolute Gasteiger partial charge is 0.416 e. The Bertz CT molecular complexity index is 466. The molecule has 114 valence electrons. The Morgan fingerprint density at radius 1 is 1.15 bits per heavy atom. The molecular formula is C14H20F3NOS. The summed E-state index contributed by atoms with van der Waals surface area (Å²) in [5.41, 5.74) is -0.411. The summed E-state index contributed by atoms with van der Waals surface area (Å²) in [6, 6.07) is 5.49. The van der Waals surface area contributed by atoms with Gasteiger partial charge >= 0.3 is 6.18 Å². The zero-order valence-electron chi connectivity index (χ0n) is 11.9. The van der Waals surface area contributed by atoms with Crippen molar-refractivity contribution >= 4 is 10.8 Å². The van der Waals surface area contributed by atoms with Gasteiger partial charge in [-0.15, -0.1) is 0 Å². The minimum Gasteiger partial charge on any atom is -0.312 e. The zero-order valence-corrected chi connectivity index (χ0v) is 12.7. The monoisotopic (exact) mass is 307 g/mol. The number of rotatable bonds is 5. The van der Waals surface area contributed by atoms with Gasteiger partial charge in [-0.3, -0.25) is 4.21 Å². The molecule has 0 saturated heterocycles. The van der Waals surface area contributed by atoms with Crippen molar-refractivity contribution in [3.63, 3.8) is 0 Å². The van der Waals surface area contributed by atoms with E-state index in [-0.39, 0.29) is 16.9 Å². The zero-order chi connectivity index (χ0) is 15.4. The molecule has 20 heavy (non-hydrogen) atoms. The van der Waals surface area contributed by atoms with Gasteiger partial charge in [0.2, 0.25) is 0 Å². The molecule has 1 atom stereocenters. The topological polar surface area (TPSA) is 29.1 Å². The SMILES string of the molecule is CC(C)(C)[S@](=O)CCNCc1ccccc1C(F)(F)F. The molecule has 1 rings (SSSR count). The lowest BCUT2D eigenvalue weighted by Crippen LogP contribution is -2.29. The van der Waals surface area contributed by atoms with E-state index in [0.29, 0.717) is 12.3 Å². The maximum Gasteiger partial charge on any atom is 0.416 e. The quantitative estimate of drug-likeness (QED) is 0.845. The molecule has 0 aliphatic carbocycles. The average Bonchev–Trinajstić information content (AvgIpc) is 2.32. The number of nitrogens with one attached hydrogen (secondary N) is 1. The molecule has 0 heterocycles. The van der Waals surface area contributed by atoms with Crippen molar-refractivity contribution in [2.45, 2.75) is 38.2 Å². The summed E-state index contributed by atoms with van der Waals surface area (Å²) < 4.78 is 49.8. The molecule has 0 saturated carbocycles. The second kappa shape index (κ2) is 6.72. The Morgan fingerprint density at radius 3 is 2.30 bits per heavy atom. The van der Waals surface area contributed by atoms with Gasteiger partial charge in [0.25, 0.3) is 0 Å². The van der Waals surface area contributed by atoms with Crippen LogP contribution in [0.1, 0.15) is 31.9 Å². The lowest BCUT2D eigenvalue weighted by molar-refractivity contribution is -0.138. The van der Waals surface area contributed by atoms with Crippen LogP contribution in [0.4, 0.5) is 13.2 Å². The van der Waals surface area contributed by atoms with Crippen molar-refractivity contribution in [1.29, 1.82) is 0 Å². The summed E-state index contributed by atoms with van der Waals surface area (Å²) in [4.78, 5) is 0. The minimum absolute atomic E-state index is 0.122. The molecule has 0 amide bonds. The smallest absolute Gasteiger partial charge is 0.312 e. The molecule has 0 fully saturated rings. The van der Waals surface area contributed by atoms with Crippen LogP contribution in [-0.2, 0) is 23.5 Å². The molecule has 2 nitrogen and oxygen atoms in total. The second-order valence-corrected chi connectivity index (χ2v) is 7.82. The van der Waals surface area contributed by atoms with Crippen LogP contribution >= 0.6 is 0 Å². The van der Waals surface area contributed by atoms with Crippen LogP contribution in [0.25, 0.3) is 0 Å². The van der Waals surface area contributed by atoms with Crippen LogP contribution in [0, 0.1) is 0 Å². The third-order valence-electron chi connectivity index (χ3n) is 2.79. The van der Waals surface area contributed by atoms with Crippen molar-refractivity contribution in [1.82, 2.24) is 5.32 Å². The van der Waals surface area contributed by atoms with Gasteiger partial charge in [0.05, 0.1) is 5.56 Å². The molecular weight excluding hydrogens is 287 g/mol. The molecule has 0 aliphatic heterocycles. The summed E-state index contributed by atoms with van der Waals surface area (Å²) in [6.45, 7) is 6.18. The Morgan fingerprint density at radius 2 is 1.75 bits per heavy atom. The van der Waals surface area contributed by atoms with Gasteiger partial charge in [-0.05, 0) is 32.4 Å². The molecule has 0 spiro atoms. The van der Waals surface area contributed by atoms with Crippen molar-refractivity contribution in [3.05, 3.63) is 35.4 Å². The maximum absolute atomic E-state index is 12.8. The molecule has 0 radical (unpaired) electrons. The van der Waals surface area contributed by atoms with E-state index in [1.54, 1.807) is 6.07 Å². The number of halogens is 3. The highest BCUT2D eigenvalue weighted by Gasteiger charge is 2.32. The van der Waals surface area contributed by atoms with Crippen molar-refractivity contribution in [2.24, 2.45) is 0 Å². The lowest BCUT2D eigenvalue weighted by atomic mass is 10.1. The fourth-order valence-electron chi connectivity index (χ4n) is 1.65. The van der Waals surface area contributed by atoms with Gasteiger partial charge in [0.15, 0.2) is 0 Å². The molecule has 0 unspecified atom stereocenters. The summed E-state index contributed by atoms with van der Waals surface area (Å²) in [6.07, 6.45) is -4.34. The first kappa shape index (κ1) is 17.2. The summed E-state index contributed by atoms with van der Waals surface area (Å²) in [5.74, 6) is 0.428. The molecule has 0 bridgehead atoms. The van der Waals surface area contributed by atoms with E-state index in [2.05, 4.69) is 5.32 Å². The normalized spacial score (nSPS) is 14.3. The molecule has 1 aromatic carbocycles. The number of hydrogen-bond donors (Lipinski definition) is 1. The summed E-state index contributed by atoms with van der Waals surface area (Å²) in [5, 5.41) is 2.92. The van der Waals surface area contributed by atoms with E-state index in [4.69, 9.17) is 0 Å². The van der Waals surface area contributed by atoms with Gasteiger partial charge in [0.1, 0.15) is 0 Å². The first-order valence-corrected chi connectivity index (χ1v) is 7.68. The molecule has 1 aromatic rings. The molecule has 1 N–H and O–H groups in total. The fourth-order valence-corrected chi connectivity index (χ4v) is 2.59.